The second-order valence-corrected chi connectivity index (χ2v) is 9.36. The summed E-state index contributed by atoms with van der Waals surface area (Å²) >= 11 is 0. The maximum absolute atomic E-state index is 11.8. The molecule has 1 saturated heterocycles. The van der Waals surface area contributed by atoms with Gasteiger partial charge in [-0.25, -0.2) is 0 Å². The fourth-order valence-corrected chi connectivity index (χ4v) is 4.28. The lowest BCUT2D eigenvalue weighted by Crippen LogP contribution is -2.38. The SMILES string of the molecule is CC1CCCN(Cc2occc(=O)c2O)CCN(C)CCN(Cc2occc(=O)c2O)CCC1. The molecule has 0 radical (unpaired) electrons. The molecule has 0 aromatic carbocycles. The smallest absolute Gasteiger partial charge is 0.226 e. The van der Waals surface area contributed by atoms with Gasteiger partial charge in [-0.2, -0.15) is 0 Å². The van der Waals surface area contributed by atoms with Gasteiger partial charge in [-0.05, 0) is 51.7 Å². The van der Waals surface area contributed by atoms with E-state index in [1.807, 2.05) is 0 Å². The average Bonchev–Trinajstić information content (AvgIpc) is 2.81. The molecule has 1 fully saturated rings. The molecular weight excluding hydrogens is 438 g/mol. The van der Waals surface area contributed by atoms with E-state index < -0.39 is 10.9 Å². The highest BCUT2D eigenvalue weighted by Crippen LogP contribution is 2.19. The Morgan fingerprint density at radius 1 is 0.794 bits per heavy atom. The van der Waals surface area contributed by atoms with E-state index in [9.17, 15) is 19.8 Å². The number of nitrogens with zero attached hydrogens (tertiary/aromatic N) is 3. The van der Waals surface area contributed by atoms with Crippen molar-refractivity contribution in [2.75, 3.05) is 46.3 Å². The first-order valence-electron chi connectivity index (χ1n) is 12.1. The summed E-state index contributed by atoms with van der Waals surface area (Å²) in [5.41, 5.74) is -0.844. The van der Waals surface area contributed by atoms with Crippen molar-refractivity contribution in [3.8, 4) is 11.5 Å². The van der Waals surface area contributed by atoms with Crippen LogP contribution in [0.15, 0.2) is 43.1 Å². The lowest BCUT2D eigenvalue weighted by atomic mass is 9.99. The van der Waals surface area contributed by atoms with Crippen molar-refractivity contribution in [1.82, 2.24) is 14.7 Å². The zero-order valence-corrected chi connectivity index (χ0v) is 20.2. The van der Waals surface area contributed by atoms with Crippen LogP contribution >= 0.6 is 0 Å². The van der Waals surface area contributed by atoms with E-state index in [0.29, 0.717) is 30.5 Å². The summed E-state index contributed by atoms with van der Waals surface area (Å²) in [6.07, 6.45) is 6.88. The molecule has 0 unspecified atom stereocenters. The van der Waals surface area contributed by atoms with Gasteiger partial charge >= 0.3 is 0 Å². The molecule has 0 spiro atoms. The first-order valence-corrected chi connectivity index (χ1v) is 12.1. The van der Waals surface area contributed by atoms with Crippen LogP contribution in [-0.2, 0) is 13.1 Å². The number of rotatable bonds is 4. The predicted molar refractivity (Wildman–Crippen MR) is 129 cm³/mol. The normalized spacial score (nSPS) is 19.1. The molecule has 0 bridgehead atoms. The van der Waals surface area contributed by atoms with E-state index in [1.54, 1.807) is 0 Å². The molecule has 0 atom stereocenters. The number of hydrogen-bond acceptors (Lipinski definition) is 9. The van der Waals surface area contributed by atoms with Gasteiger partial charge in [-0.15, -0.1) is 0 Å². The van der Waals surface area contributed by atoms with Gasteiger partial charge in [0, 0.05) is 38.3 Å². The van der Waals surface area contributed by atoms with Crippen LogP contribution in [0.1, 0.15) is 44.1 Å². The summed E-state index contributed by atoms with van der Waals surface area (Å²) in [6.45, 7) is 7.96. The third kappa shape index (κ3) is 7.72. The highest BCUT2D eigenvalue weighted by atomic mass is 16.4. The van der Waals surface area contributed by atoms with E-state index in [1.165, 1.54) is 24.7 Å². The molecule has 0 amide bonds. The molecule has 2 N–H and O–H groups in total. The molecule has 1 aliphatic rings. The predicted octanol–water partition coefficient (Wildman–Crippen LogP) is 2.45. The maximum Gasteiger partial charge on any atom is 0.226 e. The molecule has 9 heteroatoms. The van der Waals surface area contributed by atoms with Gasteiger partial charge in [-0.3, -0.25) is 19.4 Å². The van der Waals surface area contributed by atoms with Crippen molar-refractivity contribution in [3.63, 3.8) is 0 Å². The molecule has 2 aromatic heterocycles. The summed E-state index contributed by atoms with van der Waals surface area (Å²) in [6, 6.07) is 2.45. The van der Waals surface area contributed by atoms with Crippen LogP contribution in [0, 0.1) is 5.92 Å². The highest BCUT2D eigenvalue weighted by Gasteiger charge is 2.18. The molecule has 9 nitrogen and oxygen atoms in total. The third-order valence-corrected chi connectivity index (χ3v) is 6.53. The Labute approximate surface area is 200 Å². The highest BCUT2D eigenvalue weighted by molar-refractivity contribution is 5.23. The van der Waals surface area contributed by atoms with Gasteiger partial charge in [0.1, 0.15) is 0 Å². The number of hydrogen-bond donors (Lipinski definition) is 2. The van der Waals surface area contributed by atoms with Crippen LogP contribution < -0.4 is 10.9 Å². The molecular formula is C25H37N3O6. The van der Waals surface area contributed by atoms with Crippen molar-refractivity contribution in [3.05, 3.63) is 56.6 Å². The monoisotopic (exact) mass is 475 g/mol. The molecule has 0 saturated carbocycles. The van der Waals surface area contributed by atoms with Crippen molar-refractivity contribution in [2.24, 2.45) is 5.92 Å². The molecule has 0 aliphatic carbocycles. The van der Waals surface area contributed by atoms with Crippen molar-refractivity contribution < 1.29 is 19.0 Å². The lowest BCUT2D eigenvalue weighted by molar-refractivity contribution is 0.164. The molecule has 1 aliphatic heterocycles. The van der Waals surface area contributed by atoms with Crippen LogP contribution in [0.4, 0.5) is 0 Å². The maximum atomic E-state index is 11.8. The standard InChI is InChI=1S/C25H37N3O6/c1-19-5-3-9-27(17-22-24(31)20(29)7-15-33-22)13-11-26(2)12-14-28(10-4-6-19)18-23-25(32)21(30)8-16-34-23/h7-8,15-16,19,31-32H,3-6,9-14,17-18H2,1-2H3. The Morgan fingerprint density at radius 3 is 1.68 bits per heavy atom. The average molecular weight is 476 g/mol. The largest absolute Gasteiger partial charge is 0.502 e. The van der Waals surface area contributed by atoms with Crippen LogP contribution in [0.3, 0.4) is 0 Å². The van der Waals surface area contributed by atoms with Gasteiger partial charge in [0.15, 0.2) is 11.5 Å². The van der Waals surface area contributed by atoms with Gasteiger partial charge < -0.3 is 23.9 Å². The van der Waals surface area contributed by atoms with Crippen LogP contribution in [0.2, 0.25) is 0 Å². The topological polar surface area (TPSA) is 111 Å². The summed E-state index contributed by atoms with van der Waals surface area (Å²) < 4.78 is 10.8. The zero-order chi connectivity index (χ0) is 24.5. The number of likely N-dealkylation sites (N-methyl/N-ethyl adjacent to an activating group) is 1. The fourth-order valence-electron chi connectivity index (χ4n) is 4.28. The van der Waals surface area contributed by atoms with E-state index in [-0.39, 0.29) is 11.5 Å². The molecule has 34 heavy (non-hydrogen) atoms. The van der Waals surface area contributed by atoms with Crippen molar-refractivity contribution >= 4 is 0 Å². The van der Waals surface area contributed by atoms with E-state index in [4.69, 9.17) is 8.83 Å². The molecule has 188 valence electrons. The fraction of sp³-hybridized carbons (Fsp3) is 0.600. The van der Waals surface area contributed by atoms with E-state index in [2.05, 4.69) is 28.7 Å². The second kappa shape index (κ2) is 12.7. The van der Waals surface area contributed by atoms with E-state index >= 15 is 0 Å². The summed E-state index contributed by atoms with van der Waals surface area (Å²) in [4.78, 5) is 30.2. The summed E-state index contributed by atoms with van der Waals surface area (Å²) in [5.74, 6) is 0.560. The van der Waals surface area contributed by atoms with Crippen LogP contribution in [-0.4, -0.2) is 71.2 Å². The van der Waals surface area contributed by atoms with Crippen molar-refractivity contribution in [2.45, 2.75) is 45.7 Å². The summed E-state index contributed by atoms with van der Waals surface area (Å²) in [7, 11) is 2.06. The Morgan fingerprint density at radius 2 is 1.24 bits per heavy atom. The van der Waals surface area contributed by atoms with Crippen molar-refractivity contribution in [1.29, 1.82) is 0 Å². The molecule has 2 aromatic rings. The third-order valence-electron chi connectivity index (χ3n) is 6.53. The minimum absolute atomic E-state index is 0.305. The minimum Gasteiger partial charge on any atom is -0.502 e. The zero-order valence-electron chi connectivity index (χ0n) is 20.2. The van der Waals surface area contributed by atoms with Gasteiger partial charge in [0.25, 0.3) is 0 Å². The van der Waals surface area contributed by atoms with Gasteiger partial charge in [0.05, 0.1) is 25.6 Å². The first kappa shape index (κ1) is 26.0. The summed E-state index contributed by atoms with van der Waals surface area (Å²) in [5, 5.41) is 20.2. The Hall–Kier alpha value is -2.62. The Balaban J connectivity index is 1.66. The van der Waals surface area contributed by atoms with Gasteiger partial charge in [-0.1, -0.05) is 6.92 Å². The Kier molecular flexibility index (Phi) is 9.74. The minimum atomic E-state index is -0.422. The lowest BCUT2D eigenvalue weighted by Gasteiger charge is -2.29. The van der Waals surface area contributed by atoms with Gasteiger partial charge in [0.2, 0.25) is 22.4 Å². The molecule has 3 heterocycles. The quantitative estimate of drug-likeness (QED) is 0.689. The van der Waals surface area contributed by atoms with Crippen LogP contribution in [0.5, 0.6) is 11.5 Å². The van der Waals surface area contributed by atoms with E-state index in [0.717, 1.165) is 65.0 Å². The molecule has 3 rings (SSSR count). The first-order chi connectivity index (χ1) is 16.3. The Bertz CT molecular complexity index is 941. The van der Waals surface area contributed by atoms with Crippen LogP contribution in [0.25, 0.3) is 0 Å². The second-order valence-electron chi connectivity index (χ2n) is 9.36. The number of aromatic hydroxyl groups is 2.